The van der Waals surface area contributed by atoms with Crippen LogP contribution in [0.3, 0.4) is 0 Å². The number of Topliss-reactive ketones (excluding diaryl/α,β-unsaturated/α-hetero) is 1. The monoisotopic (exact) mass is 486 g/mol. The predicted octanol–water partition coefficient (Wildman–Crippen LogP) is 6.52. The van der Waals surface area contributed by atoms with Gasteiger partial charge in [0.25, 0.3) is 5.60 Å². The Bertz CT molecular complexity index is 722. The first-order valence-electron chi connectivity index (χ1n) is 11.6. The summed E-state index contributed by atoms with van der Waals surface area (Å²) in [5, 5.41) is 19.6. The quantitative estimate of drug-likeness (QED) is 0.303. The second kappa shape index (κ2) is 9.17. The molecule has 0 aromatic carbocycles. The van der Waals surface area contributed by atoms with Crippen LogP contribution < -0.4 is 0 Å². The van der Waals surface area contributed by atoms with E-state index >= 15 is 0 Å². The molecule has 0 aliphatic heterocycles. The maximum atomic E-state index is 13.1. The van der Waals surface area contributed by atoms with Crippen LogP contribution in [0.25, 0.3) is 0 Å². The van der Waals surface area contributed by atoms with Gasteiger partial charge in [-0.2, -0.15) is 26.3 Å². The molecule has 2 rings (SSSR count). The number of carbonyl (C=O) groups is 1. The van der Waals surface area contributed by atoms with Crippen molar-refractivity contribution in [2.75, 3.05) is 0 Å². The molecule has 0 aromatic rings. The Balaban J connectivity index is 2.36. The van der Waals surface area contributed by atoms with E-state index in [2.05, 4.69) is 0 Å². The minimum Gasteiger partial charge on any atom is -0.390 e. The third kappa shape index (κ3) is 5.77. The molecule has 33 heavy (non-hydrogen) atoms. The molecule has 0 heterocycles. The Labute approximate surface area is 191 Å². The van der Waals surface area contributed by atoms with E-state index < -0.39 is 29.0 Å². The van der Waals surface area contributed by atoms with Gasteiger partial charge in [-0.1, -0.05) is 26.3 Å². The molecule has 0 amide bonds. The number of ketones is 1. The van der Waals surface area contributed by atoms with Crippen LogP contribution in [0.5, 0.6) is 0 Å². The van der Waals surface area contributed by atoms with Gasteiger partial charge in [-0.05, 0) is 81.6 Å². The molecule has 192 valence electrons. The molecule has 2 unspecified atom stereocenters. The number of halogens is 6. The van der Waals surface area contributed by atoms with Gasteiger partial charge in [0.2, 0.25) is 0 Å². The summed E-state index contributed by atoms with van der Waals surface area (Å²) in [5.41, 5.74) is -6.93. The first kappa shape index (κ1) is 28.1. The number of hydrogen-bond acceptors (Lipinski definition) is 3. The van der Waals surface area contributed by atoms with Crippen LogP contribution in [-0.2, 0) is 4.79 Å². The Morgan fingerprint density at radius 3 is 2.09 bits per heavy atom. The van der Waals surface area contributed by atoms with Crippen LogP contribution in [0.15, 0.2) is 12.2 Å². The maximum Gasteiger partial charge on any atom is 0.429 e. The Morgan fingerprint density at radius 2 is 1.58 bits per heavy atom. The molecule has 4 atom stereocenters. The molecule has 9 heteroatoms. The number of aliphatic hydroxyl groups is 2. The fourth-order valence-corrected chi connectivity index (χ4v) is 6.27. The van der Waals surface area contributed by atoms with Gasteiger partial charge in [-0.25, -0.2) is 0 Å². The van der Waals surface area contributed by atoms with Gasteiger partial charge in [-0.15, -0.1) is 0 Å². The lowest BCUT2D eigenvalue weighted by molar-refractivity contribution is -0.347. The number of carbonyl (C=O) groups excluding carboxylic acids is 1. The lowest BCUT2D eigenvalue weighted by Gasteiger charge is -2.48. The van der Waals surface area contributed by atoms with Gasteiger partial charge in [-0.3, -0.25) is 4.79 Å². The van der Waals surface area contributed by atoms with E-state index in [1.807, 2.05) is 13.8 Å². The molecule has 2 saturated carbocycles. The lowest BCUT2D eigenvalue weighted by Crippen LogP contribution is -2.55. The maximum absolute atomic E-state index is 13.1. The Hall–Kier alpha value is -1.09. The highest BCUT2D eigenvalue weighted by Crippen LogP contribution is 2.61. The summed E-state index contributed by atoms with van der Waals surface area (Å²) >= 11 is 0. The number of allylic oxidation sites excluding steroid dienone is 1. The van der Waals surface area contributed by atoms with E-state index in [1.165, 1.54) is 0 Å². The molecule has 2 aliphatic carbocycles. The summed E-state index contributed by atoms with van der Waals surface area (Å²) in [6.07, 6.45) is -6.52. The third-order valence-electron chi connectivity index (χ3n) is 8.05. The average molecular weight is 487 g/mol. The van der Waals surface area contributed by atoms with Gasteiger partial charge in [0, 0.05) is 12.3 Å². The van der Waals surface area contributed by atoms with Crippen LogP contribution in [0, 0.1) is 22.7 Å². The molecule has 0 saturated heterocycles. The van der Waals surface area contributed by atoms with E-state index in [4.69, 9.17) is 0 Å². The summed E-state index contributed by atoms with van der Waals surface area (Å²) < 4.78 is 78.6. The molecule has 0 spiro atoms. The lowest BCUT2D eigenvalue weighted by atomic mass is 9.56. The Morgan fingerprint density at radius 1 is 1.00 bits per heavy atom. The highest BCUT2D eigenvalue weighted by molar-refractivity contribution is 5.83. The standard InChI is InChI=1S/C24H36F6O3/c1-19(2,32)11-6-12-20(3,13-7-15-22(33,23(25,26)27)24(28,29)30)18-10-9-16-17(31)8-5-14-21(16,18)4/h7,15-16,18,32-33H,5-6,8-14H2,1-4H3/b15-7+/t16?,18-,20-,21?/m1/s1. The van der Waals surface area contributed by atoms with Gasteiger partial charge in [0.1, 0.15) is 5.78 Å². The minimum atomic E-state index is -5.90. The van der Waals surface area contributed by atoms with Crippen LogP contribution >= 0.6 is 0 Å². The predicted molar refractivity (Wildman–Crippen MR) is 112 cm³/mol. The van der Waals surface area contributed by atoms with Gasteiger partial charge < -0.3 is 10.2 Å². The van der Waals surface area contributed by atoms with Crippen molar-refractivity contribution in [2.24, 2.45) is 22.7 Å². The number of fused-ring (bicyclic) bond motifs is 1. The van der Waals surface area contributed by atoms with Gasteiger partial charge in [0.15, 0.2) is 0 Å². The number of alkyl halides is 6. The van der Waals surface area contributed by atoms with Crippen molar-refractivity contribution in [3.63, 3.8) is 0 Å². The molecule has 0 aromatic heterocycles. The van der Waals surface area contributed by atoms with Gasteiger partial charge in [0.05, 0.1) is 5.60 Å². The first-order valence-corrected chi connectivity index (χ1v) is 11.6. The zero-order chi connectivity index (χ0) is 25.5. The van der Waals surface area contributed by atoms with Crippen molar-refractivity contribution in [3.8, 4) is 0 Å². The highest BCUT2D eigenvalue weighted by Gasteiger charge is 2.69. The molecule has 0 bridgehead atoms. The summed E-state index contributed by atoms with van der Waals surface area (Å²) in [4.78, 5) is 12.5. The van der Waals surface area contributed by atoms with Crippen LogP contribution in [0.4, 0.5) is 26.3 Å². The summed E-state index contributed by atoms with van der Waals surface area (Å²) in [7, 11) is 0. The van der Waals surface area contributed by atoms with Crippen LogP contribution in [-0.4, -0.2) is 39.6 Å². The minimum absolute atomic E-state index is 0.0735. The van der Waals surface area contributed by atoms with Crippen LogP contribution in [0.2, 0.25) is 0 Å². The van der Waals surface area contributed by atoms with Crippen molar-refractivity contribution in [1.29, 1.82) is 0 Å². The topological polar surface area (TPSA) is 57.5 Å². The fourth-order valence-electron chi connectivity index (χ4n) is 6.27. The van der Waals surface area contributed by atoms with Gasteiger partial charge >= 0.3 is 12.4 Å². The zero-order valence-electron chi connectivity index (χ0n) is 19.7. The summed E-state index contributed by atoms with van der Waals surface area (Å²) in [6.45, 7) is 7.15. The zero-order valence-corrected chi connectivity index (χ0v) is 19.7. The van der Waals surface area contributed by atoms with Crippen molar-refractivity contribution in [3.05, 3.63) is 12.2 Å². The third-order valence-corrected chi connectivity index (χ3v) is 8.05. The van der Waals surface area contributed by atoms with Crippen molar-refractivity contribution < 1.29 is 41.4 Å². The van der Waals surface area contributed by atoms with E-state index in [0.717, 1.165) is 18.9 Å². The van der Waals surface area contributed by atoms with Crippen LogP contribution in [0.1, 0.15) is 85.5 Å². The fraction of sp³-hybridized carbons (Fsp3) is 0.875. The summed E-state index contributed by atoms with van der Waals surface area (Å²) in [5.74, 6) is -0.0316. The van der Waals surface area contributed by atoms with Crippen molar-refractivity contribution in [1.82, 2.24) is 0 Å². The Kier molecular flexibility index (Phi) is 7.82. The van der Waals surface area contributed by atoms with E-state index in [9.17, 15) is 41.4 Å². The second-order valence-corrected chi connectivity index (χ2v) is 11.2. The molecule has 0 radical (unpaired) electrons. The molecular formula is C24H36F6O3. The smallest absolute Gasteiger partial charge is 0.390 e. The van der Waals surface area contributed by atoms with E-state index in [-0.39, 0.29) is 35.5 Å². The first-order chi connectivity index (χ1) is 14.8. The number of rotatable bonds is 8. The number of hydrogen-bond donors (Lipinski definition) is 2. The van der Waals surface area contributed by atoms with E-state index in [0.29, 0.717) is 38.5 Å². The van der Waals surface area contributed by atoms with Crippen molar-refractivity contribution in [2.45, 2.75) is 109 Å². The normalized spacial score (nSPS) is 29.4. The molecule has 2 fully saturated rings. The molecule has 2 N–H and O–H groups in total. The summed E-state index contributed by atoms with van der Waals surface area (Å²) in [6, 6.07) is 0. The van der Waals surface area contributed by atoms with Crippen molar-refractivity contribution >= 4 is 5.78 Å². The van der Waals surface area contributed by atoms with E-state index in [1.54, 1.807) is 13.8 Å². The molecule has 2 aliphatic rings. The highest BCUT2D eigenvalue weighted by atomic mass is 19.4. The largest absolute Gasteiger partial charge is 0.429 e. The SMILES string of the molecule is CC(C)(O)CCC[C@](C)(C/C=C/C(O)(C(F)(F)F)C(F)(F)F)[C@H]1CCC2C(=O)CCCC21C. The second-order valence-electron chi connectivity index (χ2n) is 11.2. The molecular weight excluding hydrogens is 450 g/mol. The average Bonchev–Trinajstić information content (AvgIpc) is 2.97. The molecule has 3 nitrogen and oxygen atoms in total.